The van der Waals surface area contributed by atoms with Crippen molar-refractivity contribution >= 4 is 41.0 Å². The molecule has 3 rings (SSSR count). The van der Waals surface area contributed by atoms with Gasteiger partial charge in [0.25, 0.3) is 0 Å². The second-order valence-electron chi connectivity index (χ2n) is 5.67. The second kappa shape index (κ2) is 8.27. The van der Waals surface area contributed by atoms with Gasteiger partial charge in [-0.25, -0.2) is 10.2 Å². The fourth-order valence-corrected chi connectivity index (χ4v) is 3.97. The summed E-state index contributed by atoms with van der Waals surface area (Å²) in [5.74, 6) is 0.0564. The van der Waals surface area contributed by atoms with Crippen LogP contribution in [0.1, 0.15) is 22.8 Å². The number of rotatable bonds is 4. The van der Waals surface area contributed by atoms with E-state index in [0.717, 1.165) is 12.8 Å². The molecule has 0 saturated carbocycles. The van der Waals surface area contributed by atoms with E-state index >= 15 is 0 Å². The third-order valence-corrected chi connectivity index (χ3v) is 5.48. The van der Waals surface area contributed by atoms with E-state index in [-0.39, 0.29) is 5.91 Å². The average molecular weight is 376 g/mol. The zero-order chi connectivity index (χ0) is 17.6. The first-order valence-electron chi connectivity index (χ1n) is 7.92. The molecule has 2 aromatic rings. The molecular weight excluding hydrogens is 358 g/mol. The molecule has 0 spiro atoms. The van der Waals surface area contributed by atoms with Gasteiger partial charge in [0.2, 0.25) is 5.91 Å². The lowest BCUT2D eigenvalue weighted by molar-refractivity contribution is -0.119. The van der Waals surface area contributed by atoms with Crippen molar-refractivity contribution in [3.05, 3.63) is 64.7 Å². The van der Waals surface area contributed by atoms with Crippen molar-refractivity contribution in [2.75, 3.05) is 11.1 Å². The molecule has 0 heterocycles. The number of fused-ring (bicyclic) bond motifs is 1. The Morgan fingerprint density at radius 3 is 2.64 bits per heavy atom. The minimum Gasteiger partial charge on any atom is -0.307 e. The molecule has 0 fully saturated rings. The van der Waals surface area contributed by atoms with Crippen LogP contribution in [0, 0.1) is 0 Å². The lowest BCUT2D eigenvalue weighted by Gasteiger charge is -2.12. The van der Waals surface area contributed by atoms with E-state index in [1.54, 1.807) is 36.0 Å². The number of urea groups is 1. The van der Waals surface area contributed by atoms with Crippen LogP contribution in [-0.4, -0.2) is 17.7 Å². The fourth-order valence-electron chi connectivity index (χ4n) is 2.73. The minimum atomic E-state index is -0.508. The van der Waals surface area contributed by atoms with Gasteiger partial charge in [-0.05, 0) is 48.2 Å². The summed E-state index contributed by atoms with van der Waals surface area (Å²) in [5, 5.41) is 3.53. The molecule has 0 aliphatic heterocycles. The third kappa shape index (κ3) is 4.90. The van der Waals surface area contributed by atoms with Crippen LogP contribution in [-0.2, 0) is 11.2 Å². The molecule has 1 atom stereocenters. The number of amides is 3. The molecule has 1 aliphatic rings. The maximum atomic E-state index is 11.9. The summed E-state index contributed by atoms with van der Waals surface area (Å²) in [6, 6.07) is 14.5. The van der Waals surface area contributed by atoms with E-state index in [9.17, 15) is 9.59 Å². The number of carbonyl (C=O) groups is 2. The minimum absolute atomic E-state index is 0.236. The molecule has 1 aliphatic carbocycles. The van der Waals surface area contributed by atoms with Crippen molar-refractivity contribution in [2.24, 2.45) is 0 Å². The first kappa shape index (κ1) is 17.6. The summed E-state index contributed by atoms with van der Waals surface area (Å²) < 4.78 is 0. The number of benzene rings is 2. The molecule has 130 valence electrons. The van der Waals surface area contributed by atoms with Crippen LogP contribution in [0.15, 0.2) is 48.5 Å². The first-order valence-corrected chi connectivity index (χ1v) is 9.35. The van der Waals surface area contributed by atoms with Gasteiger partial charge in [0, 0.05) is 16.0 Å². The number of hydrogen-bond acceptors (Lipinski definition) is 3. The van der Waals surface area contributed by atoms with Crippen molar-refractivity contribution in [1.29, 1.82) is 0 Å². The van der Waals surface area contributed by atoms with E-state index in [1.165, 1.54) is 11.1 Å². The van der Waals surface area contributed by atoms with Gasteiger partial charge in [-0.1, -0.05) is 35.9 Å². The van der Waals surface area contributed by atoms with Crippen molar-refractivity contribution in [3.8, 4) is 0 Å². The molecule has 5 nitrogen and oxygen atoms in total. The molecule has 3 amide bonds. The Balaban J connectivity index is 1.40. The monoisotopic (exact) mass is 375 g/mol. The summed E-state index contributed by atoms with van der Waals surface area (Å²) in [6.07, 6.45) is 2.10. The quantitative estimate of drug-likeness (QED) is 0.709. The Morgan fingerprint density at radius 2 is 1.84 bits per heavy atom. The maximum Gasteiger partial charge on any atom is 0.337 e. The number of aryl methyl sites for hydroxylation is 1. The Kier molecular flexibility index (Phi) is 5.83. The maximum absolute atomic E-state index is 11.9. The number of thioether (sulfide) groups is 1. The number of carbonyl (C=O) groups excluding carboxylic acids is 2. The zero-order valence-electron chi connectivity index (χ0n) is 13.4. The number of nitrogens with one attached hydrogen (secondary N) is 3. The summed E-state index contributed by atoms with van der Waals surface area (Å²) in [5.41, 5.74) is 8.02. The van der Waals surface area contributed by atoms with Crippen molar-refractivity contribution in [3.63, 3.8) is 0 Å². The number of hydrazine groups is 1. The SMILES string of the molecule is O=C(CSC1CCc2ccccc21)NNC(=O)Nc1ccc(Cl)cc1. The van der Waals surface area contributed by atoms with E-state index < -0.39 is 6.03 Å². The van der Waals surface area contributed by atoms with E-state index in [2.05, 4.69) is 28.3 Å². The molecule has 7 heteroatoms. The third-order valence-electron chi connectivity index (χ3n) is 3.91. The van der Waals surface area contributed by atoms with Crippen LogP contribution in [0.4, 0.5) is 10.5 Å². The standard InChI is InChI=1S/C18H18ClN3O2S/c19-13-6-8-14(9-7-13)20-18(24)22-21-17(23)11-25-16-10-5-12-3-1-2-4-15(12)16/h1-4,6-9,16H,5,10-11H2,(H,21,23)(H2,20,22,24). The van der Waals surface area contributed by atoms with Gasteiger partial charge in [0.15, 0.2) is 0 Å². The normalized spacial score (nSPS) is 15.3. The highest BCUT2D eigenvalue weighted by atomic mass is 35.5. The van der Waals surface area contributed by atoms with Gasteiger partial charge in [0.05, 0.1) is 5.75 Å². The second-order valence-corrected chi connectivity index (χ2v) is 7.30. The van der Waals surface area contributed by atoms with Gasteiger partial charge in [-0.2, -0.15) is 0 Å². The largest absolute Gasteiger partial charge is 0.337 e. The Hall–Kier alpha value is -2.18. The molecule has 2 aromatic carbocycles. The predicted octanol–water partition coefficient (Wildman–Crippen LogP) is 3.91. The van der Waals surface area contributed by atoms with Crippen LogP contribution < -0.4 is 16.2 Å². The molecule has 25 heavy (non-hydrogen) atoms. The predicted molar refractivity (Wildman–Crippen MR) is 102 cm³/mol. The van der Waals surface area contributed by atoms with Crippen LogP contribution in [0.2, 0.25) is 5.02 Å². The van der Waals surface area contributed by atoms with Crippen molar-refractivity contribution in [2.45, 2.75) is 18.1 Å². The van der Waals surface area contributed by atoms with E-state index in [4.69, 9.17) is 11.6 Å². The Labute approximate surface area is 155 Å². The van der Waals surface area contributed by atoms with Crippen LogP contribution in [0.3, 0.4) is 0 Å². The highest BCUT2D eigenvalue weighted by molar-refractivity contribution is 8.00. The lowest BCUT2D eigenvalue weighted by atomic mass is 10.1. The highest BCUT2D eigenvalue weighted by Gasteiger charge is 2.22. The van der Waals surface area contributed by atoms with E-state index in [0.29, 0.717) is 21.7 Å². The molecule has 0 aromatic heterocycles. The summed E-state index contributed by atoms with van der Waals surface area (Å²) in [6.45, 7) is 0. The Bertz CT molecular complexity index is 767. The van der Waals surface area contributed by atoms with Gasteiger partial charge in [-0.15, -0.1) is 11.8 Å². The first-order chi connectivity index (χ1) is 12.1. The summed E-state index contributed by atoms with van der Waals surface area (Å²) in [4.78, 5) is 23.7. The van der Waals surface area contributed by atoms with Crippen LogP contribution >= 0.6 is 23.4 Å². The van der Waals surface area contributed by atoms with Crippen LogP contribution in [0.5, 0.6) is 0 Å². The van der Waals surface area contributed by atoms with Crippen LogP contribution in [0.25, 0.3) is 0 Å². The number of hydrogen-bond donors (Lipinski definition) is 3. The molecular formula is C18H18ClN3O2S. The molecule has 1 unspecified atom stereocenters. The number of halogens is 1. The zero-order valence-corrected chi connectivity index (χ0v) is 15.0. The topological polar surface area (TPSA) is 70.2 Å². The summed E-state index contributed by atoms with van der Waals surface area (Å²) in [7, 11) is 0. The summed E-state index contributed by atoms with van der Waals surface area (Å²) >= 11 is 7.38. The molecule has 3 N–H and O–H groups in total. The van der Waals surface area contributed by atoms with Gasteiger partial charge in [0.1, 0.15) is 0 Å². The van der Waals surface area contributed by atoms with Crippen molar-refractivity contribution in [1.82, 2.24) is 10.9 Å². The lowest BCUT2D eigenvalue weighted by Crippen LogP contribution is -2.44. The molecule has 0 radical (unpaired) electrons. The average Bonchev–Trinajstić information content (AvgIpc) is 3.03. The number of anilines is 1. The van der Waals surface area contributed by atoms with Gasteiger partial charge in [-0.3, -0.25) is 10.2 Å². The Morgan fingerprint density at radius 1 is 1.08 bits per heavy atom. The smallest absolute Gasteiger partial charge is 0.307 e. The molecule has 0 bridgehead atoms. The highest BCUT2D eigenvalue weighted by Crippen LogP contribution is 2.40. The van der Waals surface area contributed by atoms with Gasteiger partial charge < -0.3 is 5.32 Å². The van der Waals surface area contributed by atoms with E-state index in [1.807, 2.05) is 12.1 Å². The molecule has 0 saturated heterocycles. The fraction of sp³-hybridized carbons (Fsp3) is 0.222. The van der Waals surface area contributed by atoms with Gasteiger partial charge >= 0.3 is 6.03 Å². The van der Waals surface area contributed by atoms with Crippen molar-refractivity contribution < 1.29 is 9.59 Å².